The number of rotatable bonds is 14. The fourth-order valence-corrected chi connectivity index (χ4v) is 27.9. The Balaban J connectivity index is 0.000000200. The van der Waals surface area contributed by atoms with E-state index in [-0.39, 0.29) is 59.1 Å². The van der Waals surface area contributed by atoms with Crippen LogP contribution in [-0.2, 0) is 31.0 Å². The Hall–Kier alpha value is -3.97. The fraction of sp³-hybridized carbons (Fsp3) is 0.523. The number of hydrogen-bond acceptors (Lipinski definition) is 10. The predicted octanol–water partition coefficient (Wildman–Crippen LogP) is 25.6. The Labute approximate surface area is 647 Å². The van der Waals surface area contributed by atoms with Gasteiger partial charge in [0, 0.05) is 48.7 Å². The molecule has 9 aromatic rings. The average Bonchev–Trinajstić information content (AvgIpc) is 1.06. The van der Waals surface area contributed by atoms with Crippen molar-refractivity contribution in [1.82, 2.24) is 0 Å². The van der Waals surface area contributed by atoms with Crippen LogP contribution in [0.15, 0.2) is 167 Å². The van der Waals surface area contributed by atoms with E-state index in [1.54, 1.807) is 77.0 Å². The molecule has 5 aliphatic carbocycles. The largest absolute Gasteiger partial charge is 1.00 e. The van der Waals surface area contributed by atoms with E-state index in [0.717, 1.165) is 72.1 Å². The Bertz CT molecular complexity index is 3920. The van der Waals surface area contributed by atoms with E-state index in [1.165, 1.54) is 117 Å². The van der Waals surface area contributed by atoms with Gasteiger partial charge in [-0.2, -0.15) is 4.33 Å². The van der Waals surface area contributed by atoms with Crippen molar-refractivity contribution in [2.45, 2.75) is 298 Å². The second-order valence-electron chi connectivity index (χ2n) is 33.8. The van der Waals surface area contributed by atoms with Gasteiger partial charge >= 0.3 is 46.0 Å². The van der Waals surface area contributed by atoms with Crippen molar-refractivity contribution in [3.8, 4) is 22.6 Å². The van der Waals surface area contributed by atoms with Crippen LogP contribution in [0.1, 0.15) is 266 Å². The molecule has 5 aliphatic rings. The van der Waals surface area contributed by atoms with E-state index in [9.17, 15) is 5.26 Å². The van der Waals surface area contributed by atoms with Crippen LogP contribution < -0.4 is 49.2 Å². The van der Waals surface area contributed by atoms with Gasteiger partial charge in [-0.25, -0.2) is 0 Å². The second kappa shape index (κ2) is 36.5. The molecule has 0 atom stereocenters. The minimum Gasteiger partial charge on any atom is -0.691 e. The number of fused-ring (bicyclic) bond motifs is 6. The van der Waals surface area contributed by atoms with E-state index in [1.807, 2.05) is 78.9 Å². The molecule has 14 rings (SSSR count). The second-order valence-corrected chi connectivity index (χ2v) is 42.5. The first kappa shape index (κ1) is 80.1. The molecule has 2 aromatic heterocycles. The summed E-state index contributed by atoms with van der Waals surface area (Å²) in [5, 5.41) is 18.9. The molecule has 5 fully saturated rings. The zero-order valence-corrected chi connectivity index (χ0v) is 70.7. The average molecular weight is 1500 g/mol. The van der Waals surface area contributed by atoms with Crippen LogP contribution in [-0.4, -0.2) is 28.3 Å². The van der Waals surface area contributed by atoms with E-state index in [2.05, 4.69) is 159 Å². The molecule has 548 valence electrons. The third kappa shape index (κ3) is 20.5. The van der Waals surface area contributed by atoms with Gasteiger partial charge in [-0.15, -0.1) is 0 Å². The molecule has 9 nitrogen and oxygen atoms in total. The molecule has 5 saturated carbocycles. The summed E-state index contributed by atoms with van der Waals surface area (Å²) in [6.07, 6.45) is 37.7. The molecule has 0 spiro atoms. The molecule has 103 heavy (non-hydrogen) atoms. The SMILES string of the molecule is C1CCC(P(C2CCCCC2)C2CCCCC2)CC1.CC(C)(C)c1cc(-c2cc(C(C)(C)C)cc(C(C)(C)C)c2Op2oc3ccccc3c3ccccc3o2)c(Op2oc3ccccc3c3ccccc3o2)c(C(C)(C)C)c1.[Na+].[O-]OOSc1cccc(P(C2CCCCC2)C2CCCCC2)c1. The van der Waals surface area contributed by atoms with Crippen LogP contribution in [0.2, 0.25) is 0 Å². The quantitative estimate of drug-likeness (QED) is 0.0343. The van der Waals surface area contributed by atoms with Gasteiger partial charge in [0.2, 0.25) is 0 Å². The topological polar surface area (TPSA) is 113 Å². The van der Waals surface area contributed by atoms with Crippen LogP contribution >= 0.6 is 44.4 Å². The van der Waals surface area contributed by atoms with Crippen molar-refractivity contribution in [3.63, 3.8) is 0 Å². The van der Waals surface area contributed by atoms with Crippen molar-refractivity contribution in [1.29, 1.82) is 0 Å². The van der Waals surface area contributed by atoms with Gasteiger partial charge in [0.15, 0.2) is 0 Å². The molecule has 0 saturated heterocycles. The molecular weight excluding hydrogens is 1380 g/mol. The van der Waals surface area contributed by atoms with Crippen LogP contribution in [0.25, 0.3) is 55.0 Å². The fourth-order valence-electron chi connectivity index (χ4n) is 16.7. The van der Waals surface area contributed by atoms with Gasteiger partial charge in [-0.1, -0.05) is 292 Å². The maximum Gasteiger partial charge on any atom is 1.00 e. The first-order valence-electron chi connectivity index (χ1n) is 38.8. The van der Waals surface area contributed by atoms with Crippen LogP contribution in [0, 0.1) is 0 Å². The standard InChI is InChI=1S/C52H56O6P2.C18H27O3PS.C18H33P.Na/c1-49(2,3)33-29-39(47(41(31-33)51(7,8)9)57-59-53-43-25-17-13-21-35(43)36-22-14-18-26-44(36)54-59)40-30-34(50(4,5)6)32-42(52(10,11)12)48(40)58-60-55-45-27-19-15-23-37(45)38-24-16-20-28-46(38)56-60;19-20-21-23-18-13-7-12-17(14-18)22(15-8-3-1-4-9-15)16-10-5-2-6-11-16;1-4-10-16(11-5-1)19(17-12-6-2-7-13-17)18-14-8-3-9-15-18;/h13-32H,1-12H3;7,12-16,19H,1-6,8-11H2;16-18H,1-15H2;/q;;;+1/p-1. The Morgan fingerprint density at radius 3 is 0.981 bits per heavy atom. The molecule has 0 bridgehead atoms. The summed E-state index contributed by atoms with van der Waals surface area (Å²) in [5.74, 6) is 1.36. The summed E-state index contributed by atoms with van der Waals surface area (Å²) >= 11 is 1.02. The van der Waals surface area contributed by atoms with E-state index in [0.29, 0.717) is 41.8 Å². The summed E-state index contributed by atoms with van der Waals surface area (Å²) in [5.41, 5.74) is 13.2. The normalized spacial score (nSPS) is 17.4. The molecule has 0 aliphatic heterocycles. The summed E-state index contributed by atoms with van der Waals surface area (Å²) in [7, 11) is -3.71. The first-order chi connectivity index (χ1) is 49.1. The third-order valence-electron chi connectivity index (χ3n) is 22.2. The summed E-state index contributed by atoms with van der Waals surface area (Å²) in [4.78, 5) is 0.970. The minimum absolute atomic E-state index is 0. The molecule has 15 heteroatoms. The number of para-hydroxylation sites is 4. The zero-order chi connectivity index (χ0) is 71.6. The van der Waals surface area contributed by atoms with Gasteiger partial charge < -0.3 is 31.1 Å². The van der Waals surface area contributed by atoms with Gasteiger partial charge in [-0.05, 0) is 179 Å². The molecule has 0 radical (unpaired) electrons. The zero-order valence-electron chi connectivity index (χ0n) is 64.3. The van der Waals surface area contributed by atoms with Crippen molar-refractivity contribution >= 4 is 93.5 Å². The summed E-state index contributed by atoms with van der Waals surface area (Å²) < 4.78 is 46.0. The van der Waals surface area contributed by atoms with E-state index >= 15 is 0 Å². The van der Waals surface area contributed by atoms with Gasteiger partial charge in [-0.3, -0.25) is 5.04 Å². The van der Waals surface area contributed by atoms with Crippen LogP contribution in [0.3, 0.4) is 0 Å². The van der Waals surface area contributed by atoms with Gasteiger partial charge in [0.05, 0.1) is 12.0 Å². The van der Waals surface area contributed by atoms with E-state index < -0.39 is 16.5 Å². The smallest absolute Gasteiger partial charge is 0.691 e. The monoisotopic (exact) mass is 1490 g/mol. The van der Waals surface area contributed by atoms with Gasteiger partial charge in [0.25, 0.3) is 0 Å². The Morgan fingerprint density at radius 2 is 0.680 bits per heavy atom. The van der Waals surface area contributed by atoms with Gasteiger partial charge in [0.1, 0.15) is 33.8 Å². The van der Waals surface area contributed by atoms with Crippen molar-refractivity contribution < 1.29 is 70.0 Å². The number of hydrogen-bond donors (Lipinski definition) is 0. The Morgan fingerprint density at radius 1 is 0.369 bits per heavy atom. The van der Waals surface area contributed by atoms with E-state index in [4.69, 9.17) is 25.8 Å². The molecule has 2 heterocycles. The third-order valence-corrected chi connectivity index (χ3v) is 32.3. The van der Waals surface area contributed by atoms with Crippen LogP contribution in [0.4, 0.5) is 0 Å². The molecule has 0 amide bonds. The minimum atomic E-state index is -1.99. The summed E-state index contributed by atoms with van der Waals surface area (Å²) in [6.45, 7) is 26.9. The maximum atomic E-state index is 10.1. The summed E-state index contributed by atoms with van der Waals surface area (Å²) in [6, 6.07) is 49.9. The van der Waals surface area contributed by atoms with Crippen LogP contribution in [0.5, 0.6) is 11.5 Å². The molecular formula is C88H115NaO9P4S. The van der Waals surface area contributed by atoms with Crippen molar-refractivity contribution in [3.05, 3.63) is 168 Å². The molecule has 0 N–H and O–H groups in total. The maximum absolute atomic E-state index is 10.1. The number of benzene rings is 7. The first-order valence-corrected chi connectivity index (χ1v) is 44.8. The molecule has 0 unspecified atom stereocenters. The predicted molar refractivity (Wildman–Crippen MR) is 434 cm³/mol. The van der Waals surface area contributed by atoms with Crippen molar-refractivity contribution in [2.75, 3.05) is 0 Å². The van der Waals surface area contributed by atoms with Crippen molar-refractivity contribution in [2.24, 2.45) is 0 Å². The molecule has 7 aromatic carbocycles. The Kier molecular flexibility index (Phi) is 28.4.